The van der Waals surface area contributed by atoms with E-state index in [-0.39, 0.29) is 50.8 Å². The molecule has 1 heterocycles. The molecule has 0 spiro atoms. The fourth-order valence-corrected chi connectivity index (χ4v) is 5.96. The normalized spacial score (nSPS) is 15.0. The van der Waals surface area contributed by atoms with Gasteiger partial charge in [-0.15, -0.1) is 6.42 Å². The maximum Gasteiger partial charge on any atom is 0.306 e. The van der Waals surface area contributed by atoms with Gasteiger partial charge in [0.05, 0.1) is 35.3 Å². The number of rotatable bonds is 16. The Morgan fingerprint density at radius 1 is 1.02 bits per heavy atom. The minimum atomic E-state index is -1.29. The number of H-pyrrole nitrogens is 1. The first kappa shape index (κ1) is 33.6. The van der Waals surface area contributed by atoms with Gasteiger partial charge in [0.2, 0.25) is 0 Å². The number of fused-ring (bicyclic) bond motifs is 2. The highest BCUT2D eigenvalue weighted by atomic mass is 16.4. The summed E-state index contributed by atoms with van der Waals surface area (Å²) in [6.07, 6.45) is 5.46. The van der Waals surface area contributed by atoms with Crippen molar-refractivity contribution in [1.82, 2.24) is 9.97 Å². The molecular formula is C34H37N3O9. The average Bonchev–Trinajstić information content (AvgIpc) is 3.41. The van der Waals surface area contributed by atoms with Gasteiger partial charge < -0.3 is 25.2 Å². The van der Waals surface area contributed by atoms with Gasteiger partial charge in [-0.2, -0.15) is 0 Å². The quantitative estimate of drug-likeness (QED) is 0.131. The molecule has 1 aliphatic rings. The predicted octanol–water partition coefficient (Wildman–Crippen LogP) is 4.18. The Morgan fingerprint density at radius 3 is 2.30 bits per heavy atom. The summed E-state index contributed by atoms with van der Waals surface area (Å²) in [4.78, 5) is 81.3. The molecule has 242 valence electrons. The third-order valence-electron chi connectivity index (χ3n) is 8.37. The number of nitrogens with zero attached hydrogens (tertiary/aromatic N) is 2. The largest absolute Gasteiger partial charge is 0.481 e. The molecule has 1 aliphatic carbocycles. The molecule has 0 amide bonds. The van der Waals surface area contributed by atoms with E-state index in [1.807, 2.05) is 17.0 Å². The number of aryl methyl sites for hydroxylation is 2. The van der Waals surface area contributed by atoms with Gasteiger partial charge in [0.25, 0.3) is 5.56 Å². The summed E-state index contributed by atoms with van der Waals surface area (Å²) < 4.78 is 0. The summed E-state index contributed by atoms with van der Waals surface area (Å²) in [6.45, 7) is 2.00. The van der Waals surface area contributed by atoms with E-state index in [0.29, 0.717) is 16.7 Å². The van der Waals surface area contributed by atoms with Crippen molar-refractivity contribution >= 4 is 46.1 Å². The zero-order valence-corrected chi connectivity index (χ0v) is 25.3. The van der Waals surface area contributed by atoms with Gasteiger partial charge in [0, 0.05) is 38.4 Å². The fourth-order valence-electron chi connectivity index (χ4n) is 5.96. The first-order chi connectivity index (χ1) is 21.9. The van der Waals surface area contributed by atoms with E-state index in [2.05, 4.69) is 15.9 Å². The van der Waals surface area contributed by atoms with E-state index in [9.17, 15) is 39.0 Å². The molecule has 1 aromatic heterocycles. The average molecular weight is 633 g/mol. The Kier molecular flexibility index (Phi) is 10.7. The van der Waals surface area contributed by atoms with Crippen LogP contribution >= 0.6 is 0 Å². The third-order valence-corrected chi connectivity index (χ3v) is 8.37. The molecule has 0 saturated heterocycles. The molecule has 3 atom stereocenters. The number of Topliss-reactive ketones (excluding diaryl/α,β-unsaturated/α-hetero) is 2. The molecule has 2 aromatic carbocycles. The second-order valence-electron chi connectivity index (χ2n) is 11.6. The number of carboxylic acid groups (broad SMARTS) is 3. The summed E-state index contributed by atoms with van der Waals surface area (Å²) in [7, 11) is 0. The van der Waals surface area contributed by atoms with Crippen LogP contribution in [0.4, 0.5) is 5.69 Å². The van der Waals surface area contributed by atoms with Gasteiger partial charge in [0.1, 0.15) is 11.6 Å². The zero-order chi connectivity index (χ0) is 33.5. The topological polar surface area (TPSA) is 195 Å². The fraction of sp³-hybridized carbons (Fsp3) is 0.382. The number of aromatic nitrogens is 2. The van der Waals surface area contributed by atoms with Crippen LogP contribution in [0.1, 0.15) is 79.7 Å². The Morgan fingerprint density at radius 2 is 1.67 bits per heavy atom. The smallest absolute Gasteiger partial charge is 0.306 e. The zero-order valence-electron chi connectivity index (χ0n) is 25.3. The minimum absolute atomic E-state index is 0. The predicted molar refractivity (Wildman–Crippen MR) is 170 cm³/mol. The van der Waals surface area contributed by atoms with Crippen LogP contribution in [0, 0.1) is 31.1 Å². The van der Waals surface area contributed by atoms with Gasteiger partial charge in [-0.3, -0.25) is 28.8 Å². The third kappa shape index (κ3) is 8.04. The Bertz CT molecular complexity index is 1780. The van der Waals surface area contributed by atoms with Crippen molar-refractivity contribution in [2.24, 2.45) is 11.8 Å². The van der Waals surface area contributed by atoms with E-state index in [0.717, 1.165) is 29.7 Å². The number of carboxylic acids is 3. The van der Waals surface area contributed by atoms with Crippen molar-refractivity contribution in [2.75, 3.05) is 11.4 Å². The summed E-state index contributed by atoms with van der Waals surface area (Å²) in [6, 6.07) is 10.4. The first-order valence-electron chi connectivity index (χ1n) is 14.9. The lowest BCUT2D eigenvalue weighted by Crippen LogP contribution is -2.28. The highest BCUT2D eigenvalue weighted by Gasteiger charge is 2.30. The molecular weight excluding hydrogens is 594 g/mol. The van der Waals surface area contributed by atoms with Crippen LogP contribution in [0.2, 0.25) is 0 Å². The van der Waals surface area contributed by atoms with Crippen LogP contribution in [-0.2, 0) is 25.6 Å². The molecule has 12 heteroatoms. The second kappa shape index (κ2) is 14.6. The van der Waals surface area contributed by atoms with Crippen molar-refractivity contribution in [3.8, 4) is 12.3 Å². The number of aromatic amines is 1. The number of nitrogens with one attached hydrogen (secondary N) is 1. The molecule has 0 bridgehead atoms. The van der Waals surface area contributed by atoms with Crippen LogP contribution in [0.5, 0.6) is 0 Å². The number of carbonyl (C=O) groups is 5. The van der Waals surface area contributed by atoms with Gasteiger partial charge in [-0.1, -0.05) is 5.92 Å². The molecule has 0 radical (unpaired) electrons. The van der Waals surface area contributed by atoms with Crippen LogP contribution in [0.25, 0.3) is 10.9 Å². The molecule has 0 saturated carbocycles. The number of terminal acetylenes is 1. The van der Waals surface area contributed by atoms with Crippen LogP contribution in [0.15, 0.2) is 41.2 Å². The van der Waals surface area contributed by atoms with E-state index < -0.39 is 54.2 Å². The number of hydrogen-bond acceptors (Lipinski definition) is 8. The molecule has 4 rings (SSSR count). The van der Waals surface area contributed by atoms with Crippen molar-refractivity contribution in [3.05, 3.63) is 69.3 Å². The molecule has 0 fully saturated rings. The monoisotopic (exact) mass is 632 g/mol. The van der Waals surface area contributed by atoms with Crippen LogP contribution in [0.3, 0.4) is 0 Å². The Balaban J connectivity index is 0.00000600. The minimum Gasteiger partial charge on any atom is -0.481 e. The second-order valence-corrected chi connectivity index (χ2v) is 11.6. The van der Waals surface area contributed by atoms with E-state index in [4.69, 9.17) is 11.5 Å². The molecule has 1 unspecified atom stereocenters. The Labute approximate surface area is 265 Å². The van der Waals surface area contributed by atoms with Gasteiger partial charge in [0.15, 0.2) is 5.78 Å². The summed E-state index contributed by atoms with van der Waals surface area (Å²) in [5.41, 5.74) is 3.52. The van der Waals surface area contributed by atoms with Gasteiger partial charge >= 0.3 is 17.9 Å². The van der Waals surface area contributed by atoms with Crippen molar-refractivity contribution in [2.45, 2.75) is 64.3 Å². The molecule has 0 aliphatic heterocycles. The first-order valence-corrected chi connectivity index (χ1v) is 14.9. The number of aliphatic carboxylic acids is 3. The maximum absolute atomic E-state index is 13.1. The number of anilines is 1. The number of benzene rings is 2. The standard InChI is InChI=1S/C34H35N3O9.H2/c1-3-14-37(29-12-7-21-16-28-27(18-26(21)29)32(42)36-19(2)35-28)24-9-4-20(5-10-24)30(39)17-23(34(45)46)6-11-25(38)15-22(33(43)44)8-13-31(40)41;/h1,4-5,9-10,16,18,22-23,29H,6-8,11-15,17H2,2H3,(H,40,41)(H,43,44)(H,45,46)(H,35,36,42);1H/t22-,23+,29?;/m0./s1/i;1+1. The lowest BCUT2D eigenvalue weighted by atomic mass is 9.90. The molecule has 12 nitrogen and oxygen atoms in total. The highest BCUT2D eigenvalue weighted by molar-refractivity contribution is 5.98. The van der Waals surface area contributed by atoms with Crippen molar-refractivity contribution in [3.63, 3.8) is 0 Å². The number of hydrogen-bond donors (Lipinski definition) is 4. The maximum atomic E-state index is 13.1. The SMILES string of the molecule is C#CCN(c1ccc(C(=O)C[C@@H](CCC(=O)C[C@H](CCC(=O)O)C(=O)O)C(=O)O)cc1)C1CCc2cc3nc(C)[nH]c(=O)c3cc21.[2HH]. The number of carbonyl (C=O) groups excluding carboxylic acids is 2. The highest BCUT2D eigenvalue weighted by Crippen LogP contribution is 2.39. The van der Waals surface area contributed by atoms with E-state index in [1.165, 1.54) is 0 Å². The van der Waals surface area contributed by atoms with E-state index in [1.54, 1.807) is 31.2 Å². The Hall–Kier alpha value is -5.31. The van der Waals surface area contributed by atoms with Crippen LogP contribution in [-0.4, -0.2) is 61.3 Å². The molecule has 3 aromatic rings. The number of ketones is 2. The molecule has 46 heavy (non-hydrogen) atoms. The molecule has 4 N–H and O–H groups in total. The lowest BCUT2D eigenvalue weighted by molar-refractivity contribution is -0.146. The lowest BCUT2D eigenvalue weighted by Gasteiger charge is -2.30. The van der Waals surface area contributed by atoms with E-state index >= 15 is 0 Å². The summed E-state index contributed by atoms with van der Waals surface area (Å²) >= 11 is 0. The van der Waals surface area contributed by atoms with Gasteiger partial charge in [-0.05, 0) is 80.1 Å². The van der Waals surface area contributed by atoms with Crippen molar-refractivity contribution in [1.29, 1.82) is 0 Å². The van der Waals surface area contributed by atoms with Crippen molar-refractivity contribution < 1.29 is 40.7 Å². The van der Waals surface area contributed by atoms with Gasteiger partial charge in [-0.25, -0.2) is 4.98 Å². The summed E-state index contributed by atoms with van der Waals surface area (Å²) in [5, 5.41) is 28.3. The van der Waals surface area contributed by atoms with Crippen LogP contribution < -0.4 is 10.5 Å². The summed E-state index contributed by atoms with van der Waals surface area (Å²) in [5.74, 6) is -3.78.